The number of carbonyl (C=O) groups is 1. The van der Waals surface area contributed by atoms with Crippen molar-refractivity contribution in [2.24, 2.45) is 0 Å². The van der Waals surface area contributed by atoms with E-state index in [0.717, 1.165) is 12.8 Å². The Bertz CT molecular complexity index is 61.1. The molecular weight excluding hydrogens is 90.1 g/mol. The lowest BCUT2D eigenvalue weighted by atomic mass is 10.2. The van der Waals surface area contributed by atoms with Crippen molar-refractivity contribution in [3.8, 4) is 0 Å². The number of hydrogen-bond donors (Lipinski definition) is 0. The Morgan fingerprint density at radius 3 is 2.43 bits per heavy atom. The van der Waals surface area contributed by atoms with Gasteiger partial charge in [-0.2, -0.15) is 0 Å². The van der Waals surface area contributed by atoms with Gasteiger partial charge in [-0.25, -0.2) is 0 Å². The number of unbranched alkanes of at least 4 members (excludes halogenated alkanes) is 1. The Labute approximate surface area is 43.7 Å². The van der Waals surface area contributed by atoms with Crippen LogP contribution in [-0.4, -0.2) is 5.91 Å². The summed E-state index contributed by atoms with van der Waals surface area (Å²) in [5.41, 5.74) is 6.41. The molecule has 2 radical (unpaired) electrons. The van der Waals surface area contributed by atoms with E-state index < -0.39 is 5.91 Å². The molecule has 7 heavy (non-hydrogen) atoms. The molecule has 0 aliphatic heterocycles. The third-order valence-corrected chi connectivity index (χ3v) is 0.654. The van der Waals surface area contributed by atoms with E-state index in [2.05, 4.69) is 6.92 Å². The molecular formula is C5H9NO. The summed E-state index contributed by atoms with van der Waals surface area (Å²) in [6.07, 6.45) is 1.87. The molecule has 0 saturated heterocycles. The molecule has 0 rings (SSSR count). The fourth-order valence-corrected chi connectivity index (χ4v) is 0.286. The third kappa shape index (κ3) is 5.47. The van der Waals surface area contributed by atoms with E-state index in [-0.39, 0.29) is 0 Å². The highest BCUT2D eigenvalue weighted by molar-refractivity contribution is 5.72. The van der Waals surface area contributed by atoms with Crippen molar-refractivity contribution >= 4 is 5.91 Å². The maximum atomic E-state index is 9.84. The first-order valence-electron chi connectivity index (χ1n) is 2.31. The van der Waals surface area contributed by atoms with E-state index in [4.69, 9.17) is 5.73 Å². The zero-order valence-corrected chi connectivity index (χ0v) is 4.24. The second-order valence-corrected chi connectivity index (χ2v) is 1.38. The van der Waals surface area contributed by atoms with Crippen molar-refractivity contribution in [2.45, 2.75) is 19.3 Å². The molecule has 0 saturated carbocycles. The molecule has 0 aliphatic carbocycles. The average molecular weight is 99.1 g/mol. The van der Waals surface area contributed by atoms with E-state index in [9.17, 15) is 4.79 Å². The van der Waals surface area contributed by atoms with E-state index in [1.165, 1.54) is 0 Å². The Morgan fingerprint density at radius 2 is 2.29 bits per heavy atom. The van der Waals surface area contributed by atoms with E-state index in [0.29, 0.717) is 6.42 Å². The Kier molecular flexibility index (Phi) is 3.38. The maximum absolute atomic E-state index is 9.84. The smallest absolute Gasteiger partial charge is 0.238 e. The molecule has 2 heteroatoms. The predicted molar refractivity (Wildman–Crippen MR) is 27.3 cm³/mol. The zero-order valence-electron chi connectivity index (χ0n) is 4.24. The first-order chi connectivity index (χ1) is 3.27. The van der Waals surface area contributed by atoms with Gasteiger partial charge in [0.1, 0.15) is 0 Å². The fourth-order valence-electron chi connectivity index (χ4n) is 0.286. The Balaban J connectivity index is 2.82. The molecule has 1 amide bonds. The average Bonchev–Trinajstić information content (AvgIpc) is 1.61. The van der Waals surface area contributed by atoms with Gasteiger partial charge in [0.25, 0.3) is 0 Å². The van der Waals surface area contributed by atoms with E-state index in [1.54, 1.807) is 0 Å². The number of hydrogen-bond acceptors (Lipinski definition) is 1. The van der Waals surface area contributed by atoms with Crippen molar-refractivity contribution < 1.29 is 4.79 Å². The Hall–Kier alpha value is -0.530. The van der Waals surface area contributed by atoms with Crippen LogP contribution in [0, 0.1) is 6.92 Å². The van der Waals surface area contributed by atoms with Crippen molar-refractivity contribution in [1.82, 2.24) is 5.73 Å². The van der Waals surface area contributed by atoms with Crippen LogP contribution < -0.4 is 5.73 Å². The minimum absolute atomic E-state index is 0.365. The molecule has 0 aromatic carbocycles. The fraction of sp³-hybridized carbons (Fsp3) is 0.600. The lowest BCUT2D eigenvalue weighted by Gasteiger charge is -1.85. The van der Waals surface area contributed by atoms with Crippen LogP contribution in [0.5, 0.6) is 0 Å². The summed E-state index contributed by atoms with van der Waals surface area (Å²) in [6, 6.07) is 0. The van der Waals surface area contributed by atoms with Crippen molar-refractivity contribution in [3.05, 3.63) is 6.92 Å². The van der Waals surface area contributed by atoms with Gasteiger partial charge in [-0.3, -0.25) is 10.5 Å². The number of rotatable bonds is 3. The quantitative estimate of drug-likeness (QED) is 0.516. The Morgan fingerprint density at radius 1 is 1.71 bits per heavy atom. The molecule has 0 atom stereocenters. The minimum Gasteiger partial charge on any atom is -0.273 e. The lowest BCUT2D eigenvalue weighted by Crippen LogP contribution is -1.95. The molecule has 0 fully saturated rings. The van der Waals surface area contributed by atoms with E-state index >= 15 is 0 Å². The van der Waals surface area contributed by atoms with Crippen LogP contribution in [-0.2, 0) is 4.79 Å². The first kappa shape index (κ1) is 6.47. The second kappa shape index (κ2) is 3.65. The molecule has 0 unspecified atom stereocenters. The van der Waals surface area contributed by atoms with Crippen LogP contribution in [0.1, 0.15) is 19.3 Å². The molecule has 0 spiro atoms. The largest absolute Gasteiger partial charge is 0.273 e. The van der Waals surface area contributed by atoms with Gasteiger partial charge in [-0.1, -0.05) is 13.3 Å². The van der Waals surface area contributed by atoms with Crippen molar-refractivity contribution in [3.63, 3.8) is 0 Å². The normalized spacial score (nSPS) is 8.71. The molecule has 2 nitrogen and oxygen atoms in total. The van der Waals surface area contributed by atoms with Crippen LogP contribution in [0.15, 0.2) is 0 Å². The van der Waals surface area contributed by atoms with Crippen molar-refractivity contribution in [1.29, 1.82) is 0 Å². The van der Waals surface area contributed by atoms with Crippen LogP contribution in [0.2, 0.25) is 0 Å². The lowest BCUT2D eigenvalue weighted by molar-refractivity contribution is -0.118. The maximum Gasteiger partial charge on any atom is 0.238 e. The monoisotopic (exact) mass is 99.1 g/mol. The predicted octanol–water partition coefficient (Wildman–Crippen LogP) is 0.800. The van der Waals surface area contributed by atoms with Gasteiger partial charge in [0.15, 0.2) is 0 Å². The second-order valence-electron chi connectivity index (χ2n) is 1.38. The standard InChI is InChI=1S/C5H9NO/c1-2-3-4-5(6)7/h6H,1-4H2. The van der Waals surface area contributed by atoms with Gasteiger partial charge in [-0.15, -0.1) is 0 Å². The third-order valence-electron chi connectivity index (χ3n) is 0.654. The van der Waals surface area contributed by atoms with Gasteiger partial charge < -0.3 is 0 Å². The van der Waals surface area contributed by atoms with Gasteiger partial charge in [0, 0.05) is 6.42 Å². The molecule has 1 N–H and O–H groups in total. The molecule has 0 aromatic heterocycles. The number of amides is 1. The number of nitrogens with one attached hydrogen (secondary N) is 1. The van der Waals surface area contributed by atoms with Gasteiger partial charge in [0.05, 0.1) is 0 Å². The van der Waals surface area contributed by atoms with Crippen LogP contribution in [0.25, 0.3) is 0 Å². The van der Waals surface area contributed by atoms with Gasteiger partial charge in [-0.05, 0) is 6.42 Å². The number of carbonyl (C=O) groups excluding carboxylic acids is 1. The summed E-state index contributed by atoms with van der Waals surface area (Å²) in [5.74, 6) is -0.483. The summed E-state index contributed by atoms with van der Waals surface area (Å²) < 4.78 is 0. The summed E-state index contributed by atoms with van der Waals surface area (Å²) in [4.78, 5) is 9.84. The summed E-state index contributed by atoms with van der Waals surface area (Å²) >= 11 is 0. The van der Waals surface area contributed by atoms with Crippen LogP contribution in [0.4, 0.5) is 0 Å². The first-order valence-corrected chi connectivity index (χ1v) is 2.31. The molecule has 0 aromatic rings. The highest BCUT2D eigenvalue weighted by Crippen LogP contribution is 1.90. The van der Waals surface area contributed by atoms with Crippen LogP contribution in [0.3, 0.4) is 0 Å². The zero-order chi connectivity index (χ0) is 5.70. The molecule has 40 valence electrons. The van der Waals surface area contributed by atoms with E-state index in [1.807, 2.05) is 0 Å². The SMILES string of the molecule is [CH2]CCCC([NH])=O. The highest BCUT2D eigenvalue weighted by atomic mass is 16.1. The van der Waals surface area contributed by atoms with Gasteiger partial charge >= 0.3 is 0 Å². The minimum atomic E-state index is -0.483. The summed E-state index contributed by atoms with van der Waals surface area (Å²) in [6.45, 7) is 3.52. The van der Waals surface area contributed by atoms with Crippen LogP contribution >= 0.6 is 0 Å². The summed E-state index contributed by atoms with van der Waals surface area (Å²) in [7, 11) is 0. The summed E-state index contributed by atoms with van der Waals surface area (Å²) in [5, 5.41) is 0. The molecule has 0 aliphatic rings. The molecule has 0 bridgehead atoms. The van der Waals surface area contributed by atoms with Gasteiger partial charge in [0.2, 0.25) is 5.91 Å². The van der Waals surface area contributed by atoms with Crippen molar-refractivity contribution in [2.75, 3.05) is 0 Å². The highest BCUT2D eigenvalue weighted by Gasteiger charge is 1.89. The molecule has 0 heterocycles. The topological polar surface area (TPSA) is 40.9 Å².